The average molecular weight is 187 g/mol. The molecule has 1 fully saturated rings. The molecule has 0 saturated carbocycles. The third-order valence-electron chi connectivity index (χ3n) is 1.99. The minimum Gasteiger partial charge on any atom is -0.457 e. The number of hydrogen-bond donors (Lipinski definition) is 1. The number of esters is 1. The largest absolute Gasteiger partial charge is 0.457 e. The summed E-state index contributed by atoms with van der Waals surface area (Å²) in [6, 6.07) is -0.0569. The van der Waals surface area contributed by atoms with Crippen LogP contribution in [0.3, 0.4) is 0 Å². The molecule has 0 aromatic heterocycles. The van der Waals surface area contributed by atoms with Crippen molar-refractivity contribution in [1.82, 2.24) is 0 Å². The topological polar surface area (TPSA) is 61.6 Å². The van der Waals surface area contributed by atoms with Gasteiger partial charge in [-0.15, -0.1) is 0 Å². The lowest BCUT2D eigenvalue weighted by atomic mass is 10.1. The molecule has 0 aromatic rings. The Labute approximate surface area is 78.4 Å². The Balaban J connectivity index is 2.08. The Morgan fingerprint density at radius 3 is 2.85 bits per heavy atom. The van der Waals surface area contributed by atoms with Crippen LogP contribution in [0.25, 0.3) is 0 Å². The predicted molar refractivity (Wildman–Crippen MR) is 48.2 cm³/mol. The molecule has 2 N–H and O–H groups in total. The molecule has 0 bridgehead atoms. The normalized spacial score (nSPS) is 19.2. The molecule has 1 saturated heterocycles. The number of hydrogen-bond acceptors (Lipinski definition) is 4. The van der Waals surface area contributed by atoms with E-state index in [1.165, 1.54) is 0 Å². The van der Waals surface area contributed by atoms with Crippen molar-refractivity contribution in [3.05, 3.63) is 0 Å². The van der Waals surface area contributed by atoms with Gasteiger partial charge in [-0.2, -0.15) is 0 Å². The first kappa shape index (κ1) is 10.5. The lowest BCUT2D eigenvalue weighted by molar-refractivity contribution is -0.172. The summed E-state index contributed by atoms with van der Waals surface area (Å²) >= 11 is 0. The van der Waals surface area contributed by atoms with Crippen LogP contribution in [0.15, 0.2) is 0 Å². The SMILES string of the molecule is CCCC(N)CC(=O)OC1COC1. The van der Waals surface area contributed by atoms with Crippen molar-refractivity contribution in [3.63, 3.8) is 0 Å². The minimum atomic E-state index is -0.200. The average Bonchev–Trinajstić information content (AvgIpc) is 1.97. The molecule has 1 heterocycles. The van der Waals surface area contributed by atoms with Crippen LogP contribution in [0.2, 0.25) is 0 Å². The Hall–Kier alpha value is -0.610. The summed E-state index contributed by atoms with van der Waals surface area (Å²) in [7, 11) is 0. The fraction of sp³-hybridized carbons (Fsp3) is 0.889. The maximum absolute atomic E-state index is 11.2. The maximum atomic E-state index is 11.2. The molecule has 4 heteroatoms. The van der Waals surface area contributed by atoms with Crippen molar-refractivity contribution in [2.45, 2.75) is 38.3 Å². The van der Waals surface area contributed by atoms with Gasteiger partial charge < -0.3 is 15.2 Å². The molecule has 1 aliphatic rings. The van der Waals surface area contributed by atoms with E-state index in [0.29, 0.717) is 19.6 Å². The first-order chi connectivity index (χ1) is 6.22. The van der Waals surface area contributed by atoms with Crippen LogP contribution in [-0.2, 0) is 14.3 Å². The van der Waals surface area contributed by atoms with Crippen LogP contribution in [0.1, 0.15) is 26.2 Å². The minimum absolute atomic E-state index is 0.0265. The van der Waals surface area contributed by atoms with Gasteiger partial charge in [0.15, 0.2) is 0 Å². The van der Waals surface area contributed by atoms with Crippen LogP contribution in [0.5, 0.6) is 0 Å². The lowest BCUT2D eigenvalue weighted by Crippen LogP contribution is -2.39. The summed E-state index contributed by atoms with van der Waals surface area (Å²) in [5.41, 5.74) is 5.69. The van der Waals surface area contributed by atoms with Crippen LogP contribution in [0, 0.1) is 0 Å². The fourth-order valence-corrected chi connectivity index (χ4v) is 1.20. The van der Waals surface area contributed by atoms with Crippen LogP contribution >= 0.6 is 0 Å². The van der Waals surface area contributed by atoms with E-state index in [4.69, 9.17) is 15.2 Å². The Bertz CT molecular complexity index is 168. The molecule has 0 amide bonds. The number of carbonyl (C=O) groups excluding carboxylic acids is 1. The van der Waals surface area contributed by atoms with E-state index in [-0.39, 0.29) is 18.1 Å². The number of nitrogens with two attached hydrogens (primary N) is 1. The number of rotatable bonds is 5. The molecule has 76 valence electrons. The zero-order chi connectivity index (χ0) is 9.68. The summed E-state index contributed by atoms with van der Waals surface area (Å²) in [5, 5.41) is 0. The Morgan fingerprint density at radius 1 is 1.69 bits per heavy atom. The van der Waals surface area contributed by atoms with E-state index in [1.54, 1.807) is 0 Å². The third kappa shape index (κ3) is 3.74. The van der Waals surface area contributed by atoms with E-state index in [2.05, 4.69) is 0 Å². The molecule has 1 aliphatic heterocycles. The van der Waals surface area contributed by atoms with E-state index in [1.807, 2.05) is 6.92 Å². The molecule has 0 aliphatic carbocycles. The van der Waals surface area contributed by atoms with Gasteiger partial charge in [0.2, 0.25) is 0 Å². The zero-order valence-corrected chi connectivity index (χ0v) is 7.99. The molecule has 1 atom stereocenters. The van der Waals surface area contributed by atoms with Crippen LogP contribution < -0.4 is 5.73 Å². The van der Waals surface area contributed by atoms with Gasteiger partial charge in [-0.05, 0) is 6.42 Å². The molecule has 0 spiro atoms. The first-order valence-electron chi connectivity index (χ1n) is 4.75. The molecule has 1 unspecified atom stereocenters. The Morgan fingerprint density at radius 2 is 2.38 bits per heavy atom. The fourth-order valence-electron chi connectivity index (χ4n) is 1.20. The highest BCUT2D eigenvalue weighted by Gasteiger charge is 2.23. The monoisotopic (exact) mass is 187 g/mol. The summed E-state index contributed by atoms with van der Waals surface area (Å²) in [6.07, 6.45) is 2.17. The second kappa shape index (κ2) is 5.19. The van der Waals surface area contributed by atoms with Gasteiger partial charge in [0.25, 0.3) is 0 Å². The highest BCUT2D eigenvalue weighted by molar-refractivity contribution is 5.70. The molecule has 1 rings (SSSR count). The van der Waals surface area contributed by atoms with E-state index < -0.39 is 0 Å². The van der Waals surface area contributed by atoms with Crippen molar-refractivity contribution in [2.75, 3.05) is 13.2 Å². The molecular weight excluding hydrogens is 170 g/mol. The third-order valence-corrected chi connectivity index (χ3v) is 1.99. The van der Waals surface area contributed by atoms with Gasteiger partial charge >= 0.3 is 5.97 Å². The van der Waals surface area contributed by atoms with Crippen molar-refractivity contribution in [2.24, 2.45) is 5.73 Å². The summed E-state index contributed by atoms with van der Waals surface area (Å²) in [6.45, 7) is 3.12. The van der Waals surface area contributed by atoms with Gasteiger partial charge in [0, 0.05) is 6.04 Å². The van der Waals surface area contributed by atoms with Gasteiger partial charge in [-0.3, -0.25) is 4.79 Å². The summed E-state index contributed by atoms with van der Waals surface area (Å²) in [4.78, 5) is 11.2. The maximum Gasteiger partial charge on any atom is 0.307 e. The van der Waals surface area contributed by atoms with Crippen LogP contribution in [0.4, 0.5) is 0 Å². The standard InChI is InChI=1S/C9H17NO3/c1-2-3-7(10)4-9(11)13-8-5-12-6-8/h7-8H,2-6,10H2,1H3. The smallest absolute Gasteiger partial charge is 0.307 e. The van der Waals surface area contributed by atoms with Gasteiger partial charge in [0.05, 0.1) is 19.6 Å². The van der Waals surface area contributed by atoms with Crippen molar-refractivity contribution in [1.29, 1.82) is 0 Å². The highest BCUT2D eigenvalue weighted by atomic mass is 16.6. The molecular formula is C9H17NO3. The molecule has 0 aromatic carbocycles. The number of carbonyl (C=O) groups is 1. The summed E-state index contributed by atoms with van der Waals surface area (Å²) < 4.78 is 9.94. The van der Waals surface area contributed by atoms with E-state index in [9.17, 15) is 4.79 Å². The zero-order valence-electron chi connectivity index (χ0n) is 7.99. The van der Waals surface area contributed by atoms with E-state index in [0.717, 1.165) is 12.8 Å². The Kier molecular flexibility index (Phi) is 4.18. The second-order valence-electron chi connectivity index (χ2n) is 3.40. The predicted octanol–water partition coefficient (Wildman–Crippen LogP) is 0.446. The van der Waals surface area contributed by atoms with Crippen molar-refractivity contribution >= 4 is 5.97 Å². The van der Waals surface area contributed by atoms with Crippen molar-refractivity contribution < 1.29 is 14.3 Å². The van der Waals surface area contributed by atoms with Crippen LogP contribution in [-0.4, -0.2) is 31.3 Å². The summed E-state index contributed by atoms with van der Waals surface area (Å²) in [5.74, 6) is -0.200. The quantitative estimate of drug-likeness (QED) is 0.635. The van der Waals surface area contributed by atoms with Gasteiger partial charge in [-0.25, -0.2) is 0 Å². The molecule has 4 nitrogen and oxygen atoms in total. The lowest BCUT2D eigenvalue weighted by Gasteiger charge is -2.26. The highest BCUT2D eigenvalue weighted by Crippen LogP contribution is 2.08. The molecule has 0 radical (unpaired) electrons. The van der Waals surface area contributed by atoms with Gasteiger partial charge in [0.1, 0.15) is 6.10 Å². The van der Waals surface area contributed by atoms with E-state index >= 15 is 0 Å². The van der Waals surface area contributed by atoms with Gasteiger partial charge in [-0.1, -0.05) is 13.3 Å². The first-order valence-corrected chi connectivity index (χ1v) is 4.75. The number of ether oxygens (including phenoxy) is 2. The van der Waals surface area contributed by atoms with Crippen molar-refractivity contribution in [3.8, 4) is 0 Å². The second-order valence-corrected chi connectivity index (χ2v) is 3.40. The molecule has 13 heavy (non-hydrogen) atoms.